The van der Waals surface area contributed by atoms with Gasteiger partial charge in [0.1, 0.15) is 0 Å². The molecule has 1 aliphatic heterocycles. The molecule has 10 heteroatoms. The summed E-state index contributed by atoms with van der Waals surface area (Å²) in [6, 6.07) is 31.2. The van der Waals surface area contributed by atoms with E-state index in [4.69, 9.17) is 11.5 Å². The van der Waals surface area contributed by atoms with Gasteiger partial charge in [0, 0.05) is 43.3 Å². The third-order valence-electron chi connectivity index (χ3n) is 8.21. The zero-order chi connectivity index (χ0) is 32.3. The number of fused-ring (bicyclic) bond motifs is 1. The first kappa shape index (κ1) is 32.2. The van der Waals surface area contributed by atoms with E-state index in [0.29, 0.717) is 56.6 Å². The number of hydrogen-bond acceptors (Lipinski definition) is 5. The summed E-state index contributed by atoms with van der Waals surface area (Å²) >= 11 is 0. The lowest BCUT2D eigenvalue weighted by Crippen LogP contribution is -2.50. The van der Waals surface area contributed by atoms with Crippen LogP contribution in [-0.2, 0) is 4.79 Å². The molecule has 1 aliphatic rings. The monoisotopic (exact) mass is 619 g/mol. The molecule has 46 heavy (non-hydrogen) atoms. The van der Waals surface area contributed by atoms with Gasteiger partial charge < -0.3 is 32.3 Å². The van der Waals surface area contributed by atoms with Crippen molar-refractivity contribution in [3.05, 3.63) is 120 Å². The van der Waals surface area contributed by atoms with Crippen LogP contribution in [0, 0.1) is 0 Å². The number of rotatable bonds is 12. The predicted molar refractivity (Wildman–Crippen MR) is 181 cm³/mol. The fourth-order valence-electron chi connectivity index (χ4n) is 5.75. The zero-order valence-electron chi connectivity index (χ0n) is 25.8. The maximum atomic E-state index is 14.0. The van der Waals surface area contributed by atoms with Crippen molar-refractivity contribution >= 4 is 34.5 Å². The molecule has 10 nitrogen and oxygen atoms in total. The summed E-state index contributed by atoms with van der Waals surface area (Å²) in [6.45, 7) is 1.50. The van der Waals surface area contributed by atoms with Gasteiger partial charge in [-0.3, -0.25) is 19.4 Å². The maximum Gasteiger partial charge on any atom is 0.251 e. The van der Waals surface area contributed by atoms with Gasteiger partial charge in [0.2, 0.25) is 5.91 Å². The van der Waals surface area contributed by atoms with Crippen LogP contribution in [0.5, 0.6) is 0 Å². The van der Waals surface area contributed by atoms with Gasteiger partial charge in [-0.2, -0.15) is 0 Å². The van der Waals surface area contributed by atoms with E-state index >= 15 is 0 Å². The molecule has 0 radical (unpaired) electrons. The van der Waals surface area contributed by atoms with Gasteiger partial charge in [0.25, 0.3) is 11.8 Å². The molecule has 3 amide bonds. The Balaban J connectivity index is 1.30. The van der Waals surface area contributed by atoms with Crippen LogP contribution in [0.1, 0.15) is 51.6 Å². The number of carbonyl (C=O) groups excluding carboxylic acids is 3. The highest BCUT2D eigenvalue weighted by Crippen LogP contribution is 2.20. The number of carbonyl (C=O) groups is 3. The van der Waals surface area contributed by atoms with Gasteiger partial charge in [-0.1, -0.05) is 78.9 Å². The van der Waals surface area contributed by atoms with Gasteiger partial charge in [-0.25, -0.2) is 0 Å². The summed E-state index contributed by atoms with van der Waals surface area (Å²) in [4.78, 5) is 46.2. The van der Waals surface area contributed by atoms with Crippen LogP contribution in [0.25, 0.3) is 10.8 Å². The first-order valence-corrected chi connectivity index (χ1v) is 15.7. The molecule has 5 rings (SSSR count). The van der Waals surface area contributed by atoms with Crippen LogP contribution in [0.15, 0.2) is 108 Å². The lowest BCUT2D eigenvalue weighted by atomic mass is 10.0. The van der Waals surface area contributed by atoms with E-state index in [-0.39, 0.29) is 29.7 Å². The Kier molecular flexibility index (Phi) is 11.0. The maximum absolute atomic E-state index is 14.0. The Morgan fingerprint density at radius 1 is 0.870 bits per heavy atom. The molecule has 0 bridgehead atoms. The number of guanidine groups is 1. The number of nitrogens with two attached hydrogens (primary N) is 2. The normalized spacial score (nSPS) is 17.1. The number of amides is 3. The quantitative estimate of drug-likeness (QED) is 0.0931. The Morgan fingerprint density at radius 3 is 2.30 bits per heavy atom. The van der Waals surface area contributed by atoms with Crippen molar-refractivity contribution in [3.63, 3.8) is 0 Å². The molecule has 4 aromatic carbocycles. The molecule has 4 aromatic rings. The van der Waals surface area contributed by atoms with Crippen LogP contribution < -0.4 is 27.4 Å². The molecular formula is C36H41N7O3. The Hall–Kier alpha value is -5.22. The van der Waals surface area contributed by atoms with Crippen molar-refractivity contribution < 1.29 is 14.4 Å². The van der Waals surface area contributed by atoms with Gasteiger partial charge in [0.05, 0.1) is 12.1 Å². The summed E-state index contributed by atoms with van der Waals surface area (Å²) in [5, 5.41) is 11.8. The minimum Gasteiger partial charge on any atom is -0.370 e. The van der Waals surface area contributed by atoms with E-state index in [1.54, 1.807) is 12.1 Å². The molecule has 1 heterocycles. The average Bonchev–Trinajstić information content (AvgIpc) is 3.23. The second kappa shape index (κ2) is 15.7. The Labute approximate surface area is 269 Å². The fourth-order valence-corrected chi connectivity index (χ4v) is 5.75. The van der Waals surface area contributed by atoms with Crippen molar-refractivity contribution in [2.24, 2.45) is 16.5 Å². The highest BCUT2D eigenvalue weighted by Gasteiger charge is 2.32. The van der Waals surface area contributed by atoms with Crippen LogP contribution in [0.2, 0.25) is 0 Å². The minimum atomic E-state index is -0.513. The second-order valence-electron chi connectivity index (χ2n) is 11.5. The van der Waals surface area contributed by atoms with Crippen LogP contribution in [0.3, 0.4) is 0 Å². The molecule has 0 saturated carbocycles. The van der Waals surface area contributed by atoms with E-state index < -0.39 is 12.1 Å². The number of aliphatic imine (C=N–C) groups is 1. The number of hydrogen-bond donors (Lipinski definition) is 5. The first-order valence-electron chi connectivity index (χ1n) is 15.7. The molecule has 0 aliphatic carbocycles. The third-order valence-corrected chi connectivity index (χ3v) is 8.21. The summed E-state index contributed by atoms with van der Waals surface area (Å²) in [7, 11) is 0. The SMILES string of the molecule is NC(N)=NCCC[C@H]1N[C@@H](CNC(=O)c2ccc3ccccc3c2)CCN(C[C@@H](NC(=O)c2ccccc2)c2ccccc2)C1=O. The van der Waals surface area contributed by atoms with Crippen molar-refractivity contribution in [2.45, 2.75) is 37.4 Å². The van der Waals surface area contributed by atoms with Gasteiger partial charge in [0.15, 0.2) is 5.96 Å². The first-order chi connectivity index (χ1) is 22.4. The largest absolute Gasteiger partial charge is 0.370 e. The van der Waals surface area contributed by atoms with E-state index in [1.165, 1.54) is 0 Å². The van der Waals surface area contributed by atoms with E-state index in [1.807, 2.05) is 95.9 Å². The van der Waals surface area contributed by atoms with E-state index in [0.717, 1.165) is 16.3 Å². The standard InChI is InChI=1S/C36H41N7O3/c37-36(38)39-20-9-16-31-35(46)43(24-32(26-11-3-1-4-12-26)42-34(45)27-13-5-2-6-14-27)21-19-30(41-31)23-40-33(44)29-18-17-25-10-7-8-15-28(25)22-29/h1-8,10-15,17-18,22,30-32,41H,9,16,19-21,23-24H2,(H,40,44)(H,42,45)(H4,37,38,39)/t30-,31-,32-/m1/s1. The summed E-state index contributed by atoms with van der Waals surface area (Å²) in [5.41, 5.74) is 13.1. The van der Waals surface area contributed by atoms with E-state index in [9.17, 15) is 14.4 Å². The molecule has 238 valence electrons. The topological polar surface area (TPSA) is 155 Å². The third kappa shape index (κ3) is 8.70. The Morgan fingerprint density at radius 2 is 1.57 bits per heavy atom. The molecule has 7 N–H and O–H groups in total. The molecule has 0 aromatic heterocycles. The lowest BCUT2D eigenvalue weighted by molar-refractivity contribution is -0.133. The van der Waals surface area contributed by atoms with Crippen LogP contribution in [0.4, 0.5) is 0 Å². The van der Waals surface area contributed by atoms with Crippen molar-refractivity contribution in [3.8, 4) is 0 Å². The molecule has 1 fully saturated rings. The summed E-state index contributed by atoms with van der Waals surface area (Å²) in [6.07, 6.45) is 1.72. The molecule has 0 spiro atoms. The number of nitrogens with zero attached hydrogens (tertiary/aromatic N) is 2. The van der Waals surface area contributed by atoms with Crippen molar-refractivity contribution in [1.82, 2.24) is 20.9 Å². The van der Waals surface area contributed by atoms with Crippen LogP contribution in [-0.4, -0.2) is 66.8 Å². The lowest BCUT2D eigenvalue weighted by Gasteiger charge is -2.29. The predicted octanol–water partition coefficient (Wildman–Crippen LogP) is 3.35. The van der Waals surface area contributed by atoms with Crippen LogP contribution >= 0.6 is 0 Å². The smallest absolute Gasteiger partial charge is 0.251 e. The van der Waals surface area contributed by atoms with Crippen molar-refractivity contribution in [2.75, 3.05) is 26.2 Å². The average molecular weight is 620 g/mol. The van der Waals surface area contributed by atoms with E-state index in [2.05, 4.69) is 20.9 Å². The fraction of sp³-hybridized carbons (Fsp3) is 0.278. The van der Waals surface area contributed by atoms with Crippen molar-refractivity contribution in [1.29, 1.82) is 0 Å². The van der Waals surface area contributed by atoms with Gasteiger partial charge >= 0.3 is 0 Å². The second-order valence-corrected chi connectivity index (χ2v) is 11.5. The summed E-state index contributed by atoms with van der Waals surface area (Å²) in [5.74, 6) is -0.436. The van der Waals surface area contributed by atoms with Gasteiger partial charge in [-0.05, 0) is 59.9 Å². The zero-order valence-corrected chi connectivity index (χ0v) is 25.8. The highest BCUT2D eigenvalue weighted by atomic mass is 16.2. The molecule has 3 atom stereocenters. The van der Waals surface area contributed by atoms with Gasteiger partial charge in [-0.15, -0.1) is 0 Å². The highest BCUT2D eigenvalue weighted by molar-refractivity contribution is 5.98. The molecule has 0 unspecified atom stereocenters. The number of nitrogens with one attached hydrogen (secondary N) is 3. The number of benzene rings is 4. The molecule has 1 saturated heterocycles. The molecular weight excluding hydrogens is 578 g/mol. The minimum absolute atomic E-state index is 0.0101. The summed E-state index contributed by atoms with van der Waals surface area (Å²) < 4.78 is 0. The Bertz CT molecular complexity index is 1660.